The summed E-state index contributed by atoms with van der Waals surface area (Å²) in [6.45, 7) is 1.79. The van der Waals surface area contributed by atoms with Crippen molar-refractivity contribution in [3.05, 3.63) is 69.7 Å². The lowest BCUT2D eigenvalue weighted by molar-refractivity contribution is 0.0309. The van der Waals surface area contributed by atoms with Crippen LogP contribution in [-0.2, 0) is 12.0 Å². The molecule has 1 unspecified atom stereocenters. The van der Waals surface area contributed by atoms with Crippen molar-refractivity contribution in [2.24, 2.45) is 0 Å². The Balaban J connectivity index is 2.42. The van der Waals surface area contributed by atoms with Crippen LogP contribution in [0.4, 0.5) is 8.78 Å². The monoisotopic (exact) mass is 340 g/mol. The van der Waals surface area contributed by atoms with Gasteiger partial charge in [0.1, 0.15) is 11.6 Å². The van der Waals surface area contributed by atoms with Crippen LogP contribution >= 0.6 is 15.9 Å². The van der Waals surface area contributed by atoms with Gasteiger partial charge in [0, 0.05) is 16.5 Å². The first kappa shape index (κ1) is 15.1. The Morgan fingerprint density at radius 2 is 1.70 bits per heavy atom. The largest absolute Gasteiger partial charge is 0.385 e. The first-order chi connectivity index (χ1) is 9.46. The van der Waals surface area contributed by atoms with Crippen LogP contribution in [0, 0.1) is 11.6 Å². The van der Waals surface area contributed by atoms with Crippen LogP contribution in [-0.4, -0.2) is 5.11 Å². The molecule has 20 heavy (non-hydrogen) atoms. The van der Waals surface area contributed by atoms with E-state index in [1.165, 1.54) is 18.2 Å². The van der Waals surface area contributed by atoms with E-state index >= 15 is 0 Å². The standard InChI is InChI=1S/C16H15BrF2O/c1-2-16(20,11-5-3-6-12(17)9-11)10-13-14(18)7-4-8-15(13)19/h3-9,20H,2,10H2,1H3. The first-order valence-corrected chi connectivity index (χ1v) is 7.17. The number of rotatable bonds is 4. The summed E-state index contributed by atoms with van der Waals surface area (Å²) in [5, 5.41) is 10.8. The molecule has 0 heterocycles. The van der Waals surface area contributed by atoms with Gasteiger partial charge in [0.15, 0.2) is 0 Å². The van der Waals surface area contributed by atoms with Crippen LogP contribution in [0.2, 0.25) is 0 Å². The van der Waals surface area contributed by atoms with E-state index in [9.17, 15) is 13.9 Å². The van der Waals surface area contributed by atoms with E-state index in [1.54, 1.807) is 25.1 Å². The number of benzene rings is 2. The zero-order valence-corrected chi connectivity index (χ0v) is 12.6. The maximum atomic E-state index is 13.8. The second-order valence-electron chi connectivity index (χ2n) is 4.77. The molecule has 2 aromatic carbocycles. The number of hydrogen-bond acceptors (Lipinski definition) is 1. The third-order valence-corrected chi connectivity index (χ3v) is 3.97. The van der Waals surface area contributed by atoms with Crippen molar-refractivity contribution in [3.63, 3.8) is 0 Å². The minimum absolute atomic E-state index is 0.0863. The van der Waals surface area contributed by atoms with E-state index in [1.807, 2.05) is 6.07 Å². The van der Waals surface area contributed by atoms with Crippen LogP contribution < -0.4 is 0 Å². The van der Waals surface area contributed by atoms with Crippen molar-refractivity contribution in [1.29, 1.82) is 0 Å². The molecule has 0 aromatic heterocycles. The Labute approximate surface area is 125 Å². The van der Waals surface area contributed by atoms with Crippen molar-refractivity contribution in [2.45, 2.75) is 25.4 Å². The Hall–Kier alpha value is -1.26. The summed E-state index contributed by atoms with van der Waals surface area (Å²) in [6, 6.07) is 10.9. The molecule has 0 spiro atoms. The second kappa shape index (κ2) is 6.02. The van der Waals surface area contributed by atoms with Gasteiger partial charge in [0.05, 0.1) is 5.60 Å². The van der Waals surface area contributed by atoms with E-state index in [0.29, 0.717) is 12.0 Å². The number of hydrogen-bond donors (Lipinski definition) is 1. The normalized spacial score (nSPS) is 14.1. The average molecular weight is 341 g/mol. The molecule has 0 aliphatic heterocycles. The van der Waals surface area contributed by atoms with E-state index in [-0.39, 0.29) is 12.0 Å². The fourth-order valence-electron chi connectivity index (χ4n) is 2.20. The molecule has 0 saturated carbocycles. The van der Waals surface area contributed by atoms with E-state index < -0.39 is 17.2 Å². The van der Waals surface area contributed by atoms with Gasteiger partial charge in [0.2, 0.25) is 0 Å². The van der Waals surface area contributed by atoms with Gasteiger partial charge in [-0.25, -0.2) is 8.78 Å². The third kappa shape index (κ3) is 3.07. The van der Waals surface area contributed by atoms with Crippen LogP contribution in [0.25, 0.3) is 0 Å². The highest BCUT2D eigenvalue weighted by Crippen LogP contribution is 2.32. The maximum Gasteiger partial charge on any atom is 0.129 e. The van der Waals surface area contributed by atoms with E-state index in [4.69, 9.17) is 0 Å². The predicted molar refractivity (Wildman–Crippen MR) is 78.4 cm³/mol. The van der Waals surface area contributed by atoms with Gasteiger partial charge in [-0.3, -0.25) is 0 Å². The summed E-state index contributed by atoms with van der Waals surface area (Å²) in [4.78, 5) is 0. The van der Waals surface area contributed by atoms with Crippen molar-refractivity contribution in [1.82, 2.24) is 0 Å². The van der Waals surface area contributed by atoms with Gasteiger partial charge in [0.25, 0.3) is 0 Å². The summed E-state index contributed by atoms with van der Waals surface area (Å²) >= 11 is 3.34. The van der Waals surface area contributed by atoms with Crippen LogP contribution in [0.3, 0.4) is 0 Å². The Morgan fingerprint density at radius 1 is 1.10 bits per heavy atom. The molecular formula is C16H15BrF2O. The molecule has 0 fully saturated rings. The molecule has 1 nitrogen and oxygen atoms in total. The molecule has 0 saturated heterocycles. The molecule has 2 rings (SSSR count). The van der Waals surface area contributed by atoms with E-state index in [2.05, 4.69) is 15.9 Å². The van der Waals surface area contributed by atoms with Crippen molar-refractivity contribution >= 4 is 15.9 Å². The summed E-state index contributed by atoms with van der Waals surface area (Å²) in [5.41, 5.74) is -0.749. The summed E-state index contributed by atoms with van der Waals surface area (Å²) < 4.78 is 28.3. The molecule has 0 amide bonds. The highest BCUT2D eigenvalue weighted by molar-refractivity contribution is 9.10. The van der Waals surface area contributed by atoms with Gasteiger partial charge in [-0.05, 0) is 36.2 Å². The quantitative estimate of drug-likeness (QED) is 0.864. The Kier molecular flexibility index (Phi) is 4.55. The lowest BCUT2D eigenvalue weighted by Gasteiger charge is -2.28. The minimum atomic E-state index is -1.30. The van der Waals surface area contributed by atoms with Gasteiger partial charge in [-0.2, -0.15) is 0 Å². The lowest BCUT2D eigenvalue weighted by atomic mass is 9.85. The number of halogens is 3. The molecule has 1 atom stereocenters. The Morgan fingerprint density at radius 3 is 2.25 bits per heavy atom. The van der Waals surface area contributed by atoms with Gasteiger partial charge in [-0.15, -0.1) is 0 Å². The Bertz CT molecular complexity index is 595. The maximum absolute atomic E-state index is 13.8. The molecule has 0 aliphatic rings. The fourth-order valence-corrected chi connectivity index (χ4v) is 2.60. The third-order valence-electron chi connectivity index (χ3n) is 3.48. The summed E-state index contributed by atoms with van der Waals surface area (Å²) in [7, 11) is 0. The molecule has 2 aromatic rings. The van der Waals surface area contributed by atoms with Gasteiger partial charge < -0.3 is 5.11 Å². The highest BCUT2D eigenvalue weighted by atomic mass is 79.9. The molecule has 0 bridgehead atoms. The van der Waals surface area contributed by atoms with E-state index in [0.717, 1.165) is 4.47 Å². The zero-order valence-electron chi connectivity index (χ0n) is 11.0. The SMILES string of the molecule is CCC(O)(Cc1c(F)cccc1F)c1cccc(Br)c1. The first-order valence-electron chi connectivity index (χ1n) is 6.37. The summed E-state index contributed by atoms with van der Waals surface area (Å²) in [5.74, 6) is -1.27. The van der Waals surface area contributed by atoms with Crippen LogP contribution in [0.15, 0.2) is 46.9 Å². The van der Waals surface area contributed by atoms with Gasteiger partial charge in [-0.1, -0.05) is 41.1 Å². The molecule has 4 heteroatoms. The molecule has 106 valence electrons. The predicted octanol–water partition coefficient (Wildman–Crippen LogP) is 4.57. The fraction of sp³-hybridized carbons (Fsp3) is 0.250. The highest BCUT2D eigenvalue weighted by Gasteiger charge is 2.30. The number of aliphatic hydroxyl groups is 1. The second-order valence-corrected chi connectivity index (χ2v) is 5.69. The van der Waals surface area contributed by atoms with Crippen LogP contribution in [0.5, 0.6) is 0 Å². The topological polar surface area (TPSA) is 20.2 Å². The van der Waals surface area contributed by atoms with Crippen molar-refractivity contribution < 1.29 is 13.9 Å². The van der Waals surface area contributed by atoms with Gasteiger partial charge >= 0.3 is 0 Å². The molecule has 0 aliphatic carbocycles. The summed E-state index contributed by atoms with van der Waals surface area (Å²) in [6.07, 6.45) is 0.260. The lowest BCUT2D eigenvalue weighted by Crippen LogP contribution is -2.28. The van der Waals surface area contributed by atoms with Crippen LogP contribution in [0.1, 0.15) is 24.5 Å². The smallest absolute Gasteiger partial charge is 0.129 e. The average Bonchev–Trinajstić information content (AvgIpc) is 2.43. The molecule has 1 N–H and O–H groups in total. The van der Waals surface area contributed by atoms with Crippen molar-refractivity contribution in [2.75, 3.05) is 0 Å². The molecule has 0 radical (unpaired) electrons. The minimum Gasteiger partial charge on any atom is -0.385 e. The van der Waals surface area contributed by atoms with Crippen molar-refractivity contribution in [3.8, 4) is 0 Å². The zero-order chi connectivity index (χ0) is 14.8. The molecular weight excluding hydrogens is 326 g/mol.